The van der Waals surface area contributed by atoms with Crippen molar-refractivity contribution in [2.45, 2.75) is 70.9 Å². The summed E-state index contributed by atoms with van der Waals surface area (Å²) in [5, 5.41) is 26.1. The molecule has 216 valence electrons. The number of anilines is 2. The van der Waals surface area contributed by atoms with E-state index in [2.05, 4.69) is 42.6 Å². The summed E-state index contributed by atoms with van der Waals surface area (Å²) in [5.74, 6) is 0.792. The van der Waals surface area contributed by atoms with Crippen LogP contribution in [0.15, 0.2) is 47.3 Å². The lowest BCUT2D eigenvalue weighted by molar-refractivity contribution is 0.0335. The van der Waals surface area contributed by atoms with Crippen molar-refractivity contribution in [1.82, 2.24) is 34.8 Å². The zero-order valence-electron chi connectivity index (χ0n) is 24.5. The van der Waals surface area contributed by atoms with E-state index >= 15 is 0 Å². The quantitative estimate of drug-likeness (QED) is 0.295. The highest BCUT2D eigenvalue weighted by atomic mass is 16.4. The van der Waals surface area contributed by atoms with E-state index in [9.17, 15) is 9.90 Å². The number of Topliss-reactive ketones (excluding diaryl/α,β-unsaturated/α-hetero) is 1. The van der Waals surface area contributed by atoms with Gasteiger partial charge in [0.1, 0.15) is 0 Å². The molecule has 0 fully saturated rings. The maximum Gasteiger partial charge on any atom is 0.284 e. The molecule has 0 amide bonds. The maximum atomic E-state index is 13.3. The number of hydrogen-bond acceptors (Lipinski definition) is 10. The second-order valence-corrected chi connectivity index (χ2v) is 12.5. The number of aromatic nitrogens is 6. The number of nitrogens with one attached hydrogen (secondary N) is 1. The van der Waals surface area contributed by atoms with E-state index in [0.29, 0.717) is 24.9 Å². The first-order valence-corrected chi connectivity index (χ1v) is 13.9. The van der Waals surface area contributed by atoms with Crippen molar-refractivity contribution in [3.05, 3.63) is 65.8 Å². The predicted molar refractivity (Wildman–Crippen MR) is 155 cm³/mol. The van der Waals surface area contributed by atoms with Crippen LogP contribution in [0.25, 0.3) is 11.3 Å². The van der Waals surface area contributed by atoms with Crippen LogP contribution in [-0.4, -0.2) is 64.4 Å². The molecular weight excluding hydrogens is 520 g/mol. The highest BCUT2D eigenvalue weighted by Crippen LogP contribution is 2.35. The lowest BCUT2D eigenvalue weighted by atomic mass is 9.87. The van der Waals surface area contributed by atoms with Crippen molar-refractivity contribution in [2.75, 3.05) is 18.4 Å². The summed E-state index contributed by atoms with van der Waals surface area (Å²) >= 11 is 0. The molecule has 1 aliphatic rings. The summed E-state index contributed by atoms with van der Waals surface area (Å²) < 4.78 is 7.46. The van der Waals surface area contributed by atoms with Crippen molar-refractivity contribution >= 4 is 17.4 Å². The second-order valence-electron chi connectivity index (χ2n) is 12.5. The molecular formula is C30H38N8O3. The smallest absolute Gasteiger partial charge is 0.284 e. The number of β-amino-alcohol motifs (C(OH)–C–C–N with tert-alkyl or cyclic N) is 1. The van der Waals surface area contributed by atoms with Gasteiger partial charge in [0.25, 0.3) is 5.89 Å². The molecule has 0 saturated heterocycles. The van der Waals surface area contributed by atoms with E-state index < -0.39 is 5.60 Å². The monoisotopic (exact) mass is 558 g/mol. The van der Waals surface area contributed by atoms with E-state index in [1.165, 1.54) is 0 Å². The molecule has 3 aromatic heterocycles. The van der Waals surface area contributed by atoms with Gasteiger partial charge in [0.2, 0.25) is 17.6 Å². The lowest BCUT2D eigenvalue weighted by Crippen LogP contribution is -2.38. The molecule has 0 spiro atoms. The Balaban J connectivity index is 1.43. The van der Waals surface area contributed by atoms with Crippen LogP contribution in [0.2, 0.25) is 0 Å². The number of hydrogen-bond donors (Lipinski definition) is 2. The van der Waals surface area contributed by atoms with E-state index in [-0.39, 0.29) is 29.4 Å². The van der Waals surface area contributed by atoms with E-state index in [1.807, 2.05) is 60.0 Å². The third-order valence-electron chi connectivity index (χ3n) is 7.03. The van der Waals surface area contributed by atoms with Crippen LogP contribution in [0.4, 0.5) is 11.6 Å². The standard InChI is InChI=1S/C30H38N8O3/c1-29(2,3)27-36-35-26(41-27)25(39)14-19-10-12-38(18-30(4,5)40)16-21-13-20(7-8-23(19)21)24-9-11-31-28(34-24)33-22-15-32-37(6)17-22/h7-9,11,13,15,17,19,40H,10,12,14,16,18H2,1-6H3,(H,31,33,34). The summed E-state index contributed by atoms with van der Waals surface area (Å²) in [5.41, 5.74) is 3.56. The number of carbonyl (C=O) groups is 1. The molecule has 0 saturated carbocycles. The van der Waals surface area contributed by atoms with Crippen LogP contribution in [0.5, 0.6) is 0 Å². The Bertz CT molecular complexity index is 1530. The molecule has 4 heterocycles. The molecule has 1 aliphatic heterocycles. The number of aliphatic hydroxyl groups is 1. The number of ketones is 1. The Labute approximate surface area is 240 Å². The van der Waals surface area contributed by atoms with Crippen LogP contribution >= 0.6 is 0 Å². The highest BCUT2D eigenvalue weighted by molar-refractivity contribution is 5.92. The molecule has 41 heavy (non-hydrogen) atoms. The Morgan fingerprint density at radius 1 is 1.17 bits per heavy atom. The van der Waals surface area contributed by atoms with Gasteiger partial charge in [0, 0.05) is 49.9 Å². The van der Waals surface area contributed by atoms with Crippen molar-refractivity contribution in [3.63, 3.8) is 0 Å². The summed E-state index contributed by atoms with van der Waals surface area (Å²) in [7, 11) is 1.85. The summed E-state index contributed by atoms with van der Waals surface area (Å²) in [6.07, 6.45) is 6.33. The Morgan fingerprint density at radius 3 is 2.66 bits per heavy atom. The molecule has 5 rings (SSSR count). The van der Waals surface area contributed by atoms with Gasteiger partial charge in [-0.05, 0) is 56.0 Å². The van der Waals surface area contributed by atoms with Gasteiger partial charge >= 0.3 is 0 Å². The Kier molecular flexibility index (Phi) is 7.76. The molecule has 1 atom stereocenters. The fraction of sp³-hybridized carbons (Fsp3) is 0.467. The van der Waals surface area contributed by atoms with Crippen molar-refractivity contribution in [1.29, 1.82) is 0 Å². The maximum absolute atomic E-state index is 13.3. The number of rotatable bonds is 8. The molecule has 11 heteroatoms. The Hall–Kier alpha value is -3.96. The average Bonchev–Trinajstić information content (AvgIpc) is 3.52. The van der Waals surface area contributed by atoms with Gasteiger partial charge in [-0.2, -0.15) is 5.10 Å². The van der Waals surface area contributed by atoms with Crippen LogP contribution < -0.4 is 5.32 Å². The molecule has 2 N–H and O–H groups in total. The average molecular weight is 559 g/mol. The van der Waals surface area contributed by atoms with Gasteiger partial charge in [0.15, 0.2) is 0 Å². The topological polar surface area (TPSA) is 135 Å². The van der Waals surface area contributed by atoms with Gasteiger partial charge in [-0.25, -0.2) is 9.97 Å². The van der Waals surface area contributed by atoms with Crippen LogP contribution in [0.1, 0.15) is 81.1 Å². The molecule has 0 radical (unpaired) electrons. The fourth-order valence-electron chi connectivity index (χ4n) is 5.15. The molecule has 0 aliphatic carbocycles. The summed E-state index contributed by atoms with van der Waals surface area (Å²) in [6.45, 7) is 11.5. The normalized spacial score (nSPS) is 16.3. The fourth-order valence-corrected chi connectivity index (χ4v) is 5.15. The van der Waals surface area contributed by atoms with Crippen LogP contribution in [-0.2, 0) is 19.0 Å². The minimum atomic E-state index is -0.847. The van der Waals surface area contributed by atoms with Crippen LogP contribution in [0, 0.1) is 0 Å². The first kappa shape index (κ1) is 28.6. The van der Waals surface area contributed by atoms with E-state index in [4.69, 9.17) is 9.40 Å². The number of nitrogens with zero attached hydrogens (tertiary/aromatic N) is 7. The number of benzene rings is 1. The summed E-state index contributed by atoms with van der Waals surface area (Å²) in [4.78, 5) is 24.6. The van der Waals surface area contributed by atoms with E-state index in [0.717, 1.165) is 41.0 Å². The van der Waals surface area contributed by atoms with Crippen LogP contribution in [0.3, 0.4) is 0 Å². The Morgan fingerprint density at radius 2 is 1.98 bits per heavy atom. The minimum absolute atomic E-state index is 0.0310. The van der Waals surface area contributed by atoms with Gasteiger partial charge < -0.3 is 14.8 Å². The van der Waals surface area contributed by atoms with E-state index in [1.54, 1.807) is 17.1 Å². The molecule has 11 nitrogen and oxygen atoms in total. The van der Waals surface area contributed by atoms with Gasteiger partial charge in [0.05, 0.1) is 23.2 Å². The molecule has 0 bridgehead atoms. The van der Waals surface area contributed by atoms with Gasteiger partial charge in [-0.3, -0.25) is 14.4 Å². The molecule has 1 aromatic carbocycles. The zero-order valence-corrected chi connectivity index (χ0v) is 24.5. The molecule has 4 aromatic rings. The van der Waals surface area contributed by atoms with Gasteiger partial charge in [-0.15, -0.1) is 10.2 Å². The second kappa shape index (κ2) is 11.1. The minimum Gasteiger partial charge on any atom is -0.418 e. The zero-order chi connectivity index (χ0) is 29.4. The van der Waals surface area contributed by atoms with Crippen molar-refractivity contribution < 1.29 is 14.3 Å². The van der Waals surface area contributed by atoms with Gasteiger partial charge in [-0.1, -0.05) is 32.9 Å². The first-order chi connectivity index (χ1) is 19.3. The van der Waals surface area contributed by atoms with Crippen molar-refractivity contribution in [3.8, 4) is 11.3 Å². The lowest BCUT2D eigenvalue weighted by Gasteiger charge is -2.28. The summed E-state index contributed by atoms with van der Waals surface area (Å²) in [6, 6.07) is 8.16. The third-order valence-corrected chi connectivity index (χ3v) is 7.03. The SMILES string of the molecule is Cn1cc(Nc2nccc(-c3ccc4c(c3)CN(CC(C)(C)O)CCC4CC(=O)c3nnc(C(C)(C)C)o3)n2)cn1. The largest absolute Gasteiger partial charge is 0.418 e. The highest BCUT2D eigenvalue weighted by Gasteiger charge is 2.30. The first-order valence-electron chi connectivity index (χ1n) is 13.9. The molecule has 1 unspecified atom stereocenters. The van der Waals surface area contributed by atoms with Crippen molar-refractivity contribution in [2.24, 2.45) is 7.05 Å². The number of carbonyl (C=O) groups excluding carboxylic acids is 1. The number of fused-ring (bicyclic) bond motifs is 1. The predicted octanol–water partition coefficient (Wildman–Crippen LogP) is 4.63. The third kappa shape index (κ3) is 7.04. The number of aryl methyl sites for hydroxylation is 1.